The van der Waals surface area contributed by atoms with Crippen molar-refractivity contribution in [2.45, 2.75) is 13.5 Å². The predicted octanol–water partition coefficient (Wildman–Crippen LogP) is 3.22. The van der Waals surface area contributed by atoms with Crippen LogP contribution in [0.3, 0.4) is 0 Å². The maximum absolute atomic E-state index is 12.1. The third kappa shape index (κ3) is 3.71. The van der Waals surface area contributed by atoms with Crippen LogP contribution in [0, 0.1) is 6.92 Å². The number of methoxy groups -OCH3 is 1. The molecule has 0 aliphatic carbocycles. The van der Waals surface area contributed by atoms with E-state index in [9.17, 15) is 4.79 Å². The van der Waals surface area contributed by atoms with Crippen molar-refractivity contribution in [3.8, 4) is 5.75 Å². The summed E-state index contributed by atoms with van der Waals surface area (Å²) < 4.78 is 7.30. The molecule has 0 unspecified atom stereocenters. The molecule has 0 fully saturated rings. The molecule has 0 spiro atoms. The topological polar surface area (TPSA) is 56.1 Å². The van der Waals surface area contributed by atoms with E-state index < -0.39 is 0 Å². The van der Waals surface area contributed by atoms with Gasteiger partial charge in [-0.05, 0) is 37.3 Å². The molecule has 0 bridgehead atoms. The lowest BCUT2D eigenvalue weighted by Gasteiger charge is -2.06. The van der Waals surface area contributed by atoms with Crippen LogP contribution >= 0.6 is 0 Å². The van der Waals surface area contributed by atoms with Crippen LogP contribution in [0.1, 0.15) is 17.0 Å². The average molecular weight is 335 g/mol. The van der Waals surface area contributed by atoms with Crippen molar-refractivity contribution in [2.24, 2.45) is 7.05 Å². The Morgan fingerprint density at radius 1 is 1.28 bits per heavy atom. The molecule has 1 N–H and O–H groups in total. The summed E-state index contributed by atoms with van der Waals surface area (Å²) in [5.41, 5.74) is 3.96. The zero-order chi connectivity index (χ0) is 17.8. The molecule has 1 amide bonds. The highest BCUT2D eigenvalue weighted by atomic mass is 16.5. The first-order valence-electron chi connectivity index (χ1n) is 8.09. The van der Waals surface area contributed by atoms with Crippen LogP contribution in [-0.4, -0.2) is 22.6 Å². The predicted molar refractivity (Wildman–Crippen MR) is 99.3 cm³/mol. The molecule has 0 saturated heterocycles. The summed E-state index contributed by atoms with van der Waals surface area (Å²) in [7, 11) is 3.57. The number of ether oxygens (including phenoxy) is 1. The van der Waals surface area contributed by atoms with E-state index in [4.69, 9.17) is 4.74 Å². The van der Waals surface area contributed by atoms with Gasteiger partial charge in [-0.1, -0.05) is 23.8 Å². The first-order valence-corrected chi connectivity index (χ1v) is 8.09. The normalized spacial score (nSPS) is 11.2. The molecular formula is C20H21N3O2. The van der Waals surface area contributed by atoms with E-state index in [1.54, 1.807) is 13.2 Å². The van der Waals surface area contributed by atoms with Crippen LogP contribution < -0.4 is 10.1 Å². The molecule has 0 atom stereocenters. The fraction of sp³-hybridized carbons (Fsp3) is 0.200. The lowest BCUT2D eigenvalue weighted by atomic mass is 10.1. The Bertz CT molecular complexity index is 941. The van der Waals surface area contributed by atoms with Gasteiger partial charge in [0.15, 0.2) is 0 Å². The fourth-order valence-electron chi connectivity index (χ4n) is 2.73. The molecule has 0 radical (unpaired) electrons. The van der Waals surface area contributed by atoms with Gasteiger partial charge >= 0.3 is 0 Å². The van der Waals surface area contributed by atoms with Gasteiger partial charge in [0.05, 0.1) is 24.7 Å². The Hall–Kier alpha value is -3.08. The summed E-state index contributed by atoms with van der Waals surface area (Å²) in [5.74, 6) is 1.39. The van der Waals surface area contributed by atoms with Gasteiger partial charge in [0.2, 0.25) is 5.91 Å². The lowest BCUT2D eigenvalue weighted by Crippen LogP contribution is -2.22. The Kier molecular flexibility index (Phi) is 4.84. The number of aryl methyl sites for hydroxylation is 2. The second-order valence-electron chi connectivity index (χ2n) is 5.87. The first-order chi connectivity index (χ1) is 12.1. The number of benzene rings is 2. The number of fused-ring (bicyclic) bond motifs is 1. The molecule has 1 aromatic heterocycles. The molecule has 2 aromatic carbocycles. The maximum atomic E-state index is 12.1. The summed E-state index contributed by atoms with van der Waals surface area (Å²) in [6.07, 6.45) is 3.27. The van der Waals surface area contributed by atoms with Gasteiger partial charge in [-0.15, -0.1) is 0 Å². The summed E-state index contributed by atoms with van der Waals surface area (Å²) in [6.45, 7) is 2.38. The number of para-hydroxylation sites is 2. The van der Waals surface area contributed by atoms with Crippen molar-refractivity contribution in [1.29, 1.82) is 0 Å². The molecule has 5 heteroatoms. The van der Waals surface area contributed by atoms with E-state index in [1.165, 1.54) is 6.08 Å². The summed E-state index contributed by atoms with van der Waals surface area (Å²) in [4.78, 5) is 16.7. The minimum Gasteiger partial charge on any atom is -0.496 e. The van der Waals surface area contributed by atoms with Crippen LogP contribution in [0.15, 0.2) is 48.5 Å². The van der Waals surface area contributed by atoms with Crippen LogP contribution in [0.4, 0.5) is 0 Å². The number of aromatic nitrogens is 2. The van der Waals surface area contributed by atoms with E-state index in [1.807, 2.05) is 61.0 Å². The Balaban J connectivity index is 1.68. The summed E-state index contributed by atoms with van der Waals surface area (Å²) >= 11 is 0. The zero-order valence-corrected chi connectivity index (χ0v) is 14.6. The number of carbonyl (C=O) groups excluding carboxylic acids is 1. The number of hydrogen-bond donors (Lipinski definition) is 1. The van der Waals surface area contributed by atoms with E-state index in [0.29, 0.717) is 6.54 Å². The van der Waals surface area contributed by atoms with Crippen LogP contribution in [0.25, 0.3) is 17.1 Å². The number of rotatable bonds is 5. The molecule has 3 aromatic rings. The highest BCUT2D eigenvalue weighted by Gasteiger charge is 2.07. The standard InChI is InChI=1S/C20H21N3O2/c1-14-8-10-18(25-3)15(12-14)9-11-20(24)21-13-19-22-16-6-4-5-7-17(16)23(19)2/h4-12H,13H2,1-3H3,(H,21,24)/b11-9+. The number of nitrogens with one attached hydrogen (secondary N) is 1. The SMILES string of the molecule is COc1ccc(C)cc1/C=C/C(=O)NCc1nc2ccccc2n1C. The van der Waals surface area contributed by atoms with Gasteiger partial charge in [-0.25, -0.2) is 4.98 Å². The molecule has 25 heavy (non-hydrogen) atoms. The van der Waals surface area contributed by atoms with Gasteiger partial charge in [0.25, 0.3) is 0 Å². The quantitative estimate of drug-likeness (QED) is 0.728. The summed E-state index contributed by atoms with van der Waals surface area (Å²) in [6, 6.07) is 13.8. The van der Waals surface area contributed by atoms with Gasteiger partial charge in [-0.2, -0.15) is 0 Å². The molecule has 5 nitrogen and oxygen atoms in total. The molecule has 128 valence electrons. The monoisotopic (exact) mass is 335 g/mol. The van der Waals surface area contributed by atoms with Crippen molar-refractivity contribution in [1.82, 2.24) is 14.9 Å². The van der Waals surface area contributed by atoms with Gasteiger partial charge in [-0.3, -0.25) is 4.79 Å². The highest BCUT2D eigenvalue weighted by molar-refractivity contribution is 5.92. The smallest absolute Gasteiger partial charge is 0.244 e. The van der Waals surface area contributed by atoms with Gasteiger partial charge < -0.3 is 14.6 Å². The van der Waals surface area contributed by atoms with Crippen LogP contribution in [-0.2, 0) is 18.4 Å². The minimum atomic E-state index is -0.171. The maximum Gasteiger partial charge on any atom is 0.244 e. The lowest BCUT2D eigenvalue weighted by molar-refractivity contribution is -0.116. The Labute approximate surface area is 146 Å². The van der Waals surface area contributed by atoms with E-state index in [2.05, 4.69) is 10.3 Å². The molecular weight excluding hydrogens is 314 g/mol. The Morgan fingerprint density at radius 3 is 2.84 bits per heavy atom. The van der Waals surface area contributed by atoms with E-state index in [0.717, 1.165) is 33.7 Å². The third-order valence-electron chi connectivity index (χ3n) is 4.10. The van der Waals surface area contributed by atoms with Crippen molar-refractivity contribution >= 4 is 23.0 Å². The highest BCUT2D eigenvalue weighted by Crippen LogP contribution is 2.21. The molecule has 0 aliphatic rings. The minimum absolute atomic E-state index is 0.171. The molecule has 3 rings (SSSR count). The number of nitrogens with zero attached hydrogens (tertiary/aromatic N) is 2. The molecule has 1 heterocycles. The number of amides is 1. The van der Waals surface area contributed by atoms with E-state index >= 15 is 0 Å². The molecule has 0 aliphatic heterocycles. The summed E-state index contributed by atoms with van der Waals surface area (Å²) in [5, 5.41) is 2.87. The van der Waals surface area contributed by atoms with Gasteiger partial charge in [0.1, 0.15) is 11.6 Å². The van der Waals surface area contributed by atoms with Crippen molar-refractivity contribution in [3.63, 3.8) is 0 Å². The fourth-order valence-corrected chi connectivity index (χ4v) is 2.73. The first kappa shape index (κ1) is 16.8. The van der Waals surface area contributed by atoms with Crippen molar-refractivity contribution in [2.75, 3.05) is 7.11 Å². The average Bonchev–Trinajstić information content (AvgIpc) is 2.94. The van der Waals surface area contributed by atoms with Crippen molar-refractivity contribution in [3.05, 3.63) is 65.5 Å². The number of imidazole rings is 1. The molecule has 0 saturated carbocycles. The second-order valence-corrected chi connectivity index (χ2v) is 5.87. The van der Waals surface area contributed by atoms with E-state index in [-0.39, 0.29) is 5.91 Å². The van der Waals surface area contributed by atoms with Crippen molar-refractivity contribution < 1.29 is 9.53 Å². The number of hydrogen-bond acceptors (Lipinski definition) is 3. The van der Waals surface area contributed by atoms with Crippen LogP contribution in [0.5, 0.6) is 5.75 Å². The third-order valence-corrected chi connectivity index (χ3v) is 4.10. The zero-order valence-electron chi connectivity index (χ0n) is 14.6. The largest absolute Gasteiger partial charge is 0.496 e. The second kappa shape index (κ2) is 7.21. The van der Waals surface area contributed by atoms with Crippen LogP contribution in [0.2, 0.25) is 0 Å². The number of carbonyl (C=O) groups is 1. The van der Waals surface area contributed by atoms with Gasteiger partial charge in [0, 0.05) is 18.7 Å². The Morgan fingerprint density at radius 2 is 2.08 bits per heavy atom.